The first-order chi connectivity index (χ1) is 9.11. The second kappa shape index (κ2) is 5.59. The van der Waals surface area contributed by atoms with Gasteiger partial charge in [-0.05, 0) is 26.1 Å². The highest BCUT2D eigenvalue weighted by Gasteiger charge is 2.09. The number of nitriles is 1. The molecule has 0 aliphatic rings. The summed E-state index contributed by atoms with van der Waals surface area (Å²) in [5.74, 6) is -0.0888. The van der Waals surface area contributed by atoms with Crippen LogP contribution < -0.4 is 5.56 Å². The summed E-state index contributed by atoms with van der Waals surface area (Å²) in [5, 5.41) is 17.3. The van der Waals surface area contributed by atoms with Gasteiger partial charge in [0.2, 0.25) is 0 Å². The van der Waals surface area contributed by atoms with Crippen LogP contribution in [0.5, 0.6) is 0 Å². The van der Waals surface area contributed by atoms with E-state index in [1.807, 2.05) is 24.9 Å². The van der Waals surface area contributed by atoms with Gasteiger partial charge in [0, 0.05) is 6.54 Å². The van der Waals surface area contributed by atoms with Crippen LogP contribution in [0.2, 0.25) is 0 Å². The predicted molar refractivity (Wildman–Crippen MR) is 71.2 cm³/mol. The van der Waals surface area contributed by atoms with E-state index in [9.17, 15) is 4.79 Å². The van der Waals surface area contributed by atoms with Crippen LogP contribution in [0.4, 0.5) is 0 Å². The van der Waals surface area contributed by atoms with Crippen LogP contribution in [0.1, 0.15) is 6.92 Å². The molecule has 0 saturated carbocycles. The first-order valence-electron chi connectivity index (χ1n) is 6.02. The molecule has 0 spiro atoms. The van der Waals surface area contributed by atoms with Crippen molar-refractivity contribution in [2.75, 3.05) is 13.6 Å². The molecule has 0 fully saturated rings. The average Bonchev–Trinajstić information content (AvgIpc) is 2.42. The summed E-state index contributed by atoms with van der Waals surface area (Å²) < 4.78 is 1.31. The number of aromatic nitrogens is 3. The predicted octanol–water partition coefficient (Wildman–Crippen LogP) is 0.840. The van der Waals surface area contributed by atoms with E-state index in [0.717, 1.165) is 0 Å². The first-order valence-corrected chi connectivity index (χ1v) is 6.02. The fourth-order valence-corrected chi connectivity index (χ4v) is 1.91. The number of fused-ring (bicyclic) bond motifs is 1. The quantitative estimate of drug-likeness (QED) is 0.811. The van der Waals surface area contributed by atoms with Crippen molar-refractivity contribution in [3.63, 3.8) is 0 Å². The van der Waals surface area contributed by atoms with E-state index in [0.29, 0.717) is 24.1 Å². The Morgan fingerprint density at radius 3 is 2.95 bits per heavy atom. The molecule has 0 bridgehead atoms. The zero-order chi connectivity index (χ0) is 13.8. The van der Waals surface area contributed by atoms with Gasteiger partial charge < -0.3 is 0 Å². The summed E-state index contributed by atoms with van der Waals surface area (Å²) >= 11 is 0. The molecule has 19 heavy (non-hydrogen) atoms. The highest BCUT2D eigenvalue weighted by Crippen LogP contribution is 2.04. The number of nitrogens with zero attached hydrogens (tertiary/aromatic N) is 5. The Morgan fingerprint density at radius 2 is 2.21 bits per heavy atom. The van der Waals surface area contributed by atoms with E-state index in [1.54, 1.807) is 18.2 Å². The summed E-state index contributed by atoms with van der Waals surface area (Å²) in [5.41, 5.74) is 0.429. The summed E-state index contributed by atoms with van der Waals surface area (Å²) in [6.45, 7) is 2.74. The van der Waals surface area contributed by atoms with Gasteiger partial charge in [0.1, 0.15) is 5.52 Å². The van der Waals surface area contributed by atoms with E-state index in [-0.39, 0.29) is 11.5 Å². The molecule has 1 aromatic carbocycles. The van der Waals surface area contributed by atoms with Gasteiger partial charge >= 0.3 is 0 Å². The van der Waals surface area contributed by atoms with E-state index in [2.05, 4.69) is 16.4 Å². The molecule has 2 aromatic rings. The second-order valence-corrected chi connectivity index (χ2v) is 4.62. The summed E-state index contributed by atoms with van der Waals surface area (Å²) in [6, 6.07) is 9.28. The molecular weight excluding hydrogens is 242 g/mol. The molecule has 1 heterocycles. The molecule has 1 atom stereocenters. The largest absolute Gasteiger partial charge is 0.286 e. The van der Waals surface area contributed by atoms with Crippen molar-refractivity contribution >= 4 is 10.9 Å². The molecule has 0 radical (unpaired) electrons. The highest BCUT2D eigenvalue weighted by atomic mass is 16.1. The van der Waals surface area contributed by atoms with E-state index >= 15 is 0 Å². The monoisotopic (exact) mass is 257 g/mol. The molecule has 1 unspecified atom stereocenters. The summed E-state index contributed by atoms with van der Waals surface area (Å²) in [7, 11) is 1.84. The summed E-state index contributed by atoms with van der Waals surface area (Å²) in [6.07, 6.45) is 0. The minimum absolute atomic E-state index is 0.0888. The normalized spacial score (nSPS) is 12.5. The van der Waals surface area contributed by atoms with Gasteiger partial charge in [-0.1, -0.05) is 17.3 Å². The summed E-state index contributed by atoms with van der Waals surface area (Å²) in [4.78, 5) is 14.1. The van der Waals surface area contributed by atoms with Crippen LogP contribution in [-0.4, -0.2) is 33.5 Å². The van der Waals surface area contributed by atoms with E-state index in [1.165, 1.54) is 4.68 Å². The van der Waals surface area contributed by atoms with Gasteiger partial charge in [0.15, 0.2) is 0 Å². The smallest absolute Gasteiger partial charge is 0.278 e. The Morgan fingerprint density at radius 1 is 1.47 bits per heavy atom. The minimum atomic E-state index is -0.165. The zero-order valence-corrected chi connectivity index (χ0v) is 10.9. The van der Waals surface area contributed by atoms with Crippen LogP contribution in [0.15, 0.2) is 29.1 Å². The number of benzene rings is 1. The van der Waals surface area contributed by atoms with Gasteiger partial charge in [0.05, 0.1) is 24.0 Å². The van der Waals surface area contributed by atoms with Gasteiger partial charge in [-0.25, -0.2) is 0 Å². The maximum absolute atomic E-state index is 12.2. The maximum atomic E-state index is 12.2. The third-order valence-electron chi connectivity index (χ3n) is 2.81. The van der Waals surface area contributed by atoms with Crippen molar-refractivity contribution in [3.8, 4) is 6.07 Å². The van der Waals surface area contributed by atoms with E-state index < -0.39 is 0 Å². The fourth-order valence-electron chi connectivity index (χ4n) is 1.91. The van der Waals surface area contributed by atoms with Crippen molar-refractivity contribution in [1.82, 2.24) is 19.9 Å². The molecule has 98 valence electrons. The molecule has 2 rings (SSSR count). The number of hydrogen-bond donors (Lipinski definition) is 0. The van der Waals surface area contributed by atoms with Crippen LogP contribution >= 0.6 is 0 Å². The maximum Gasteiger partial charge on any atom is 0.278 e. The van der Waals surface area contributed by atoms with E-state index in [4.69, 9.17) is 5.26 Å². The van der Waals surface area contributed by atoms with Crippen molar-refractivity contribution in [2.45, 2.75) is 13.6 Å². The Balaban J connectivity index is 2.25. The van der Waals surface area contributed by atoms with Crippen molar-refractivity contribution < 1.29 is 0 Å². The molecule has 0 amide bonds. The van der Waals surface area contributed by atoms with Gasteiger partial charge in [0.25, 0.3) is 5.56 Å². The molecule has 6 nitrogen and oxygen atoms in total. The van der Waals surface area contributed by atoms with Gasteiger partial charge in [-0.15, -0.1) is 5.10 Å². The number of rotatable bonds is 4. The Kier molecular flexibility index (Phi) is 3.88. The molecule has 0 aliphatic heterocycles. The third kappa shape index (κ3) is 2.95. The van der Waals surface area contributed by atoms with Gasteiger partial charge in [-0.2, -0.15) is 9.94 Å². The average molecular weight is 257 g/mol. The van der Waals surface area contributed by atoms with Gasteiger partial charge in [-0.3, -0.25) is 9.69 Å². The Labute approximate surface area is 110 Å². The molecule has 0 N–H and O–H groups in total. The topological polar surface area (TPSA) is 74.8 Å². The lowest BCUT2D eigenvalue weighted by atomic mass is 10.2. The van der Waals surface area contributed by atoms with Crippen LogP contribution in [-0.2, 0) is 6.67 Å². The van der Waals surface area contributed by atoms with Crippen molar-refractivity contribution in [3.05, 3.63) is 34.6 Å². The lowest BCUT2D eigenvalue weighted by Crippen LogP contribution is -2.34. The van der Waals surface area contributed by atoms with Crippen molar-refractivity contribution in [2.24, 2.45) is 5.92 Å². The minimum Gasteiger partial charge on any atom is -0.286 e. The first kappa shape index (κ1) is 13.2. The highest BCUT2D eigenvalue weighted by molar-refractivity contribution is 5.76. The zero-order valence-electron chi connectivity index (χ0n) is 10.9. The second-order valence-electron chi connectivity index (χ2n) is 4.62. The van der Waals surface area contributed by atoms with Crippen molar-refractivity contribution in [1.29, 1.82) is 5.26 Å². The van der Waals surface area contributed by atoms with Crippen LogP contribution in [0.3, 0.4) is 0 Å². The van der Waals surface area contributed by atoms with Crippen LogP contribution in [0.25, 0.3) is 10.9 Å². The lowest BCUT2D eigenvalue weighted by molar-refractivity contribution is 0.229. The molecule has 0 aliphatic carbocycles. The van der Waals surface area contributed by atoms with Crippen LogP contribution in [0, 0.1) is 17.2 Å². The third-order valence-corrected chi connectivity index (χ3v) is 2.81. The standard InChI is InChI=1S/C13H15N5O/c1-10(7-14)8-17(2)9-18-13(19)11-5-3-4-6-12(11)15-16-18/h3-6,10H,8-9H2,1-2H3. The Hall–Kier alpha value is -2.26. The molecular formula is C13H15N5O. The molecule has 1 aromatic heterocycles. The molecule has 6 heteroatoms. The molecule has 0 saturated heterocycles. The fraction of sp³-hybridized carbons (Fsp3) is 0.385. The SMILES string of the molecule is CC(C#N)CN(C)Cn1nnc2ccccc2c1=O. The Bertz CT molecular complexity index is 673. The number of hydrogen-bond acceptors (Lipinski definition) is 5. The lowest BCUT2D eigenvalue weighted by Gasteiger charge is -2.17.